The molecule has 6 heteroatoms. The maximum atomic E-state index is 12.8. The Labute approximate surface area is 146 Å². The molecule has 25 heavy (non-hydrogen) atoms. The monoisotopic (exact) mass is 336 g/mol. The van der Waals surface area contributed by atoms with E-state index in [9.17, 15) is 9.59 Å². The minimum Gasteiger partial charge on any atom is -0.328 e. The van der Waals surface area contributed by atoms with Crippen molar-refractivity contribution in [3.63, 3.8) is 0 Å². The van der Waals surface area contributed by atoms with E-state index in [0.717, 1.165) is 42.2 Å². The molecule has 2 aliphatic rings. The fourth-order valence-electron chi connectivity index (χ4n) is 3.40. The first-order valence-corrected chi connectivity index (χ1v) is 8.69. The van der Waals surface area contributed by atoms with Gasteiger partial charge >= 0.3 is 0 Å². The summed E-state index contributed by atoms with van der Waals surface area (Å²) < 4.78 is 0. The van der Waals surface area contributed by atoms with Crippen molar-refractivity contribution in [2.45, 2.75) is 39.3 Å². The number of rotatable bonds is 3. The normalized spacial score (nSPS) is 16.4. The summed E-state index contributed by atoms with van der Waals surface area (Å²) in [6.07, 6.45) is 4.12. The van der Waals surface area contributed by atoms with Crippen molar-refractivity contribution in [1.29, 1.82) is 0 Å². The molecule has 0 saturated carbocycles. The molecule has 0 radical (unpaired) electrons. The van der Waals surface area contributed by atoms with Crippen molar-refractivity contribution in [2.75, 3.05) is 11.4 Å². The lowest BCUT2D eigenvalue weighted by atomic mass is 10.1. The first-order chi connectivity index (χ1) is 12.2. The van der Waals surface area contributed by atoms with Crippen LogP contribution in [0, 0.1) is 0 Å². The third-order valence-electron chi connectivity index (χ3n) is 4.81. The number of aryl methyl sites for hydroxylation is 1. The van der Waals surface area contributed by atoms with Crippen LogP contribution in [0.15, 0.2) is 30.5 Å². The molecule has 2 aromatic rings. The summed E-state index contributed by atoms with van der Waals surface area (Å²) in [6, 6.07) is 7.31. The molecule has 0 N–H and O–H groups in total. The maximum absolute atomic E-state index is 12.8. The van der Waals surface area contributed by atoms with Gasteiger partial charge in [0.05, 0.1) is 12.2 Å². The number of amides is 2. The molecule has 1 saturated heterocycles. The van der Waals surface area contributed by atoms with E-state index in [0.29, 0.717) is 25.1 Å². The zero-order chi connectivity index (χ0) is 17.4. The summed E-state index contributed by atoms with van der Waals surface area (Å²) in [5.41, 5.74) is 3.46. The fourth-order valence-corrected chi connectivity index (χ4v) is 3.40. The molecule has 0 spiro atoms. The minimum absolute atomic E-state index is 0.0182. The molecule has 2 aliphatic heterocycles. The van der Waals surface area contributed by atoms with Crippen LogP contribution in [0.3, 0.4) is 0 Å². The van der Waals surface area contributed by atoms with Crippen molar-refractivity contribution in [3.8, 4) is 0 Å². The van der Waals surface area contributed by atoms with E-state index in [2.05, 4.69) is 9.97 Å². The maximum Gasteiger partial charge on any atom is 0.254 e. The van der Waals surface area contributed by atoms with Crippen LogP contribution in [-0.4, -0.2) is 33.2 Å². The lowest BCUT2D eigenvalue weighted by Crippen LogP contribution is -2.26. The molecule has 1 aromatic carbocycles. The van der Waals surface area contributed by atoms with Crippen LogP contribution in [0.5, 0.6) is 0 Å². The number of anilines is 1. The highest BCUT2D eigenvalue weighted by molar-refractivity contribution is 5.97. The summed E-state index contributed by atoms with van der Waals surface area (Å²) in [5.74, 6) is 0.947. The summed E-state index contributed by atoms with van der Waals surface area (Å²) in [6.45, 7) is 3.85. The minimum atomic E-state index is -0.0182. The zero-order valence-corrected chi connectivity index (χ0v) is 14.2. The predicted molar refractivity (Wildman–Crippen MR) is 93.0 cm³/mol. The highest BCUT2D eigenvalue weighted by Crippen LogP contribution is 2.25. The van der Waals surface area contributed by atoms with Crippen LogP contribution >= 0.6 is 0 Å². The molecule has 6 nitrogen and oxygen atoms in total. The summed E-state index contributed by atoms with van der Waals surface area (Å²) in [5, 5.41) is 0. The second-order valence-corrected chi connectivity index (χ2v) is 6.47. The zero-order valence-electron chi connectivity index (χ0n) is 14.2. The van der Waals surface area contributed by atoms with Gasteiger partial charge in [-0.05, 0) is 30.7 Å². The van der Waals surface area contributed by atoms with Crippen LogP contribution in [0.2, 0.25) is 0 Å². The van der Waals surface area contributed by atoms with Gasteiger partial charge in [-0.3, -0.25) is 9.59 Å². The van der Waals surface area contributed by atoms with Crippen molar-refractivity contribution in [1.82, 2.24) is 14.9 Å². The summed E-state index contributed by atoms with van der Waals surface area (Å²) in [4.78, 5) is 37.0. The van der Waals surface area contributed by atoms with Crippen LogP contribution in [0.25, 0.3) is 0 Å². The van der Waals surface area contributed by atoms with Gasteiger partial charge in [0.1, 0.15) is 5.82 Å². The van der Waals surface area contributed by atoms with E-state index in [1.807, 2.05) is 25.3 Å². The van der Waals surface area contributed by atoms with Gasteiger partial charge < -0.3 is 9.80 Å². The van der Waals surface area contributed by atoms with Crippen molar-refractivity contribution >= 4 is 17.5 Å². The van der Waals surface area contributed by atoms with E-state index in [-0.39, 0.29) is 11.8 Å². The molecule has 3 heterocycles. The first kappa shape index (κ1) is 15.7. The molecular formula is C19H20N4O2. The number of hydrogen-bond donors (Lipinski definition) is 0. The van der Waals surface area contributed by atoms with Crippen molar-refractivity contribution in [3.05, 3.63) is 53.1 Å². The lowest BCUT2D eigenvalue weighted by molar-refractivity contribution is -0.117. The van der Waals surface area contributed by atoms with Crippen LogP contribution in [0.4, 0.5) is 5.69 Å². The van der Waals surface area contributed by atoms with E-state index in [1.165, 1.54) is 0 Å². The van der Waals surface area contributed by atoms with Crippen LogP contribution < -0.4 is 4.90 Å². The molecule has 0 atom stereocenters. The van der Waals surface area contributed by atoms with Gasteiger partial charge in [0, 0.05) is 48.9 Å². The SMILES string of the molecule is CCc1ncc2c(n1)CN(C(=O)c1ccc(N3CCCC3=O)cc1)C2. The summed E-state index contributed by atoms with van der Waals surface area (Å²) >= 11 is 0. The van der Waals surface area contributed by atoms with Gasteiger partial charge in [-0.15, -0.1) is 0 Å². The van der Waals surface area contributed by atoms with Gasteiger partial charge in [-0.25, -0.2) is 9.97 Å². The number of hydrogen-bond acceptors (Lipinski definition) is 4. The lowest BCUT2D eigenvalue weighted by Gasteiger charge is -2.18. The largest absolute Gasteiger partial charge is 0.328 e. The number of benzene rings is 1. The van der Waals surface area contributed by atoms with E-state index >= 15 is 0 Å². The fraction of sp³-hybridized carbons (Fsp3) is 0.368. The van der Waals surface area contributed by atoms with Gasteiger partial charge in [0.2, 0.25) is 5.91 Å². The Morgan fingerprint density at radius 3 is 2.68 bits per heavy atom. The molecule has 0 aliphatic carbocycles. The molecule has 128 valence electrons. The Morgan fingerprint density at radius 2 is 2.00 bits per heavy atom. The van der Waals surface area contributed by atoms with E-state index < -0.39 is 0 Å². The highest BCUT2D eigenvalue weighted by Gasteiger charge is 2.26. The number of carbonyl (C=O) groups excluding carboxylic acids is 2. The number of carbonyl (C=O) groups is 2. The standard InChI is InChI=1S/C19H20N4O2/c1-2-17-20-10-14-11-22(12-16(14)21-17)19(25)13-5-7-15(8-6-13)23-9-3-4-18(23)24/h5-8,10H,2-4,9,11-12H2,1H3. The van der Waals surface area contributed by atoms with Gasteiger partial charge in [0.15, 0.2) is 0 Å². The highest BCUT2D eigenvalue weighted by atomic mass is 16.2. The van der Waals surface area contributed by atoms with Crippen molar-refractivity contribution in [2.24, 2.45) is 0 Å². The number of nitrogens with zero attached hydrogens (tertiary/aromatic N) is 4. The van der Waals surface area contributed by atoms with Gasteiger partial charge in [-0.2, -0.15) is 0 Å². The molecule has 0 bridgehead atoms. The van der Waals surface area contributed by atoms with Crippen LogP contribution in [-0.2, 0) is 24.3 Å². The first-order valence-electron chi connectivity index (χ1n) is 8.69. The molecule has 4 rings (SSSR count). The Balaban J connectivity index is 1.49. The average molecular weight is 336 g/mol. The quantitative estimate of drug-likeness (QED) is 0.863. The molecule has 2 amide bonds. The Kier molecular flexibility index (Phi) is 3.95. The molecular weight excluding hydrogens is 316 g/mol. The molecule has 0 unspecified atom stereocenters. The number of aromatic nitrogens is 2. The van der Waals surface area contributed by atoms with Gasteiger partial charge in [0.25, 0.3) is 5.91 Å². The predicted octanol–water partition coefficient (Wildman–Crippen LogP) is 2.32. The smallest absolute Gasteiger partial charge is 0.254 e. The second-order valence-electron chi connectivity index (χ2n) is 6.47. The third kappa shape index (κ3) is 2.88. The average Bonchev–Trinajstić information content (AvgIpc) is 3.26. The van der Waals surface area contributed by atoms with E-state index in [1.54, 1.807) is 21.9 Å². The summed E-state index contributed by atoms with van der Waals surface area (Å²) in [7, 11) is 0. The third-order valence-corrected chi connectivity index (χ3v) is 4.81. The van der Waals surface area contributed by atoms with Crippen molar-refractivity contribution < 1.29 is 9.59 Å². The van der Waals surface area contributed by atoms with Crippen LogP contribution in [0.1, 0.15) is 47.2 Å². The Bertz CT molecular complexity index is 832. The number of fused-ring (bicyclic) bond motifs is 1. The van der Waals surface area contributed by atoms with Gasteiger partial charge in [-0.1, -0.05) is 6.92 Å². The molecule has 1 fully saturated rings. The second kappa shape index (κ2) is 6.27. The Morgan fingerprint density at radius 1 is 1.20 bits per heavy atom. The topological polar surface area (TPSA) is 66.4 Å². The van der Waals surface area contributed by atoms with E-state index in [4.69, 9.17) is 0 Å². The Hall–Kier alpha value is -2.76. The molecule has 1 aromatic heterocycles.